The van der Waals surface area contributed by atoms with Crippen LogP contribution >= 0.6 is 0 Å². The summed E-state index contributed by atoms with van der Waals surface area (Å²) in [5.41, 5.74) is 0.632. The fourth-order valence-electron chi connectivity index (χ4n) is 3.46. The van der Waals surface area contributed by atoms with E-state index in [2.05, 4.69) is 0 Å². The zero-order valence-electron chi connectivity index (χ0n) is 19.1. The Kier molecular flexibility index (Phi) is 9.34. The third kappa shape index (κ3) is 7.25. The number of rotatable bonds is 12. The first-order valence-electron chi connectivity index (χ1n) is 11.1. The molecule has 0 aliphatic rings. The number of nitrogens with zero attached hydrogens (tertiary/aromatic N) is 2. The molecule has 0 aliphatic carbocycles. The summed E-state index contributed by atoms with van der Waals surface area (Å²) in [5, 5.41) is 0. The van der Waals surface area contributed by atoms with Gasteiger partial charge in [-0.3, -0.25) is 9.59 Å². The van der Waals surface area contributed by atoms with Crippen molar-refractivity contribution in [2.45, 2.75) is 26.4 Å². The minimum atomic E-state index is -0.645. The van der Waals surface area contributed by atoms with Crippen LogP contribution in [0, 0.1) is 11.6 Å². The van der Waals surface area contributed by atoms with Gasteiger partial charge in [0.2, 0.25) is 5.91 Å². The summed E-state index contributed by atoms with van der Waals surface area (Å²) in [7, 11) is 0. The van der Waals surface area contributed by atoms with E-state index in [1.54, 1.807) is 30.3 Å². The lowest BCUT2D eigenvalue weighted by Crippen LogP contribution is -2.43. The number of furan rings is 1. The Hall–Kier alpha value is -3.52. The van der Waals surface area contributed by atoms with Crippen LogP contribution in [0.1, 0.15) is 35.0 Å². The van der Waals surface area contributed by atoms with E-state index in [9.17, 15) is 18.4 Å². The number of hydrogen-bond acceptors (Lipinski definition) is 4. The van der Waals surface area contributed by atoms with Crippen molar-refractivity contribution in [3.63, 3.8) is 0 Å². The molecule has 34 heavy (non-hydrogen) atoms. The second-order valence-electron chi connectivity index (χ2n) is 7.71. The maximum Gasteiger partial charge on any atom is 0.257 e. The molecule has 0 unspecified atom stereocenters. The molecule has 0 N–H and O–H groups in total. The summed E-state index contributed by atoms with van der Waals surface area (Å²) in [4.78, 5) is 29.3. The molecule has 0 atom stereocenters. The first-order valence-corrected chi connectivity index (χ1v) is 11.1. The van der Waals surface area contributed by atoms with Crippen LogP contribution in [0.25, 0.3) is 0 Å². The first kappa shape index (κ1) is 25.1. The van der Waals surface area contributed by atoms with Crippen LogP contribution in [-0.2, 0) is 22.6 Å². The Morgan fingerprint density at radius 3 is 2.38 bits per heavy atom. The fourth-order valence-corrected chi connectivity index (χ4v) is 3.46. The third-order valence-corrected chi connectivity index (χ3v) is 5.20. The number of hydrogen-bond donors (Lipinski definition) is 0. The van der Waals surface area contributed by atoms with Crippen molar-refractivity contribution < 1.29 is 27.5 Å². The van der Waals surface area contributed by atoms with Gasteiger partial charge in [0.25, 0.3) is 5.91 Å². The Morgan fingerprint density at radius 1 is 0.941 bits per heavy atom. The van der Waals surface area contributed by atoms with E-state index in [1.165, 1.54) is 46.4 Å². The first-order chi connectivity index (χ1) is 16.5. The van der Waals surface area contributed by atoms with Gasteiger partial charge >= 0.3 is 0 Å². The molecule has 0 spiro atoms. The smallest absolute Gasteiger partial charge is 0.257 e. The van der Waals surface area contributed by atoms with Gasteiger partial charge < -0.3 is 19.0 Å². The molecule has 6 nitrogen and oxygen atoms in total. The Bertz CT molecular complexity index is 1050. The Morgan fingerprint density at radius 2 is 1.71 bits per heavy atom. The normalized spacial score (nSPS) is 10.8. The minimum Gasteiger partial charge on any atom is -0.467 e. The topological polar surface area (TPSA) is 63.0 Å². The highest BCUT2D eigenvalue weighted by Gasteiger charge is 2.24. The van der Waals surface area contributed by atoms with E-state index in [0.717, 1.165) is 5.56 Å². The molecule has 0 saturated carbocycles. The number of carbonyl (C=O) groups excluding carboxylic acids is 2. The summed E-state index contributed by atoms with van der Waals surface area (Å²) in [6, 6.07) is 15.0. The molecule has 2 aromatic carbocycles. The SMILES string of the molecule is CCOCCCN(CC(=O)N(Cc1ccc(F)cc1)Cc1ccco1)C(=O)c1ccccc1F. The van der Waals surface area contributed by atoms with E-state index in [1.807, 2.05) is 6.92 Å². The molecular weight excluding hydrogens is 442 g/mol. The lowest BCUT2D eigenvalue weighted by Gasteiger charge is -2.27. The van der Waals surface area contributed by atoms with Crippen molar-refractivity contribution in [1.29, 1.82) is 0 Å². The summed E-state index contributed by atoms with van der Waals surface area (Å²) in [5.74, 6) is -1.36. The van der Waals surface area contributed by atoms with Gasteiger partial charge in [-0.2, -0.15) is 0 Å². The van der Waals surface area contributed by atoms with Gasteiger partial charge in [0, 0.05) is 26.3 Å². The van der Waals surface area contributed by atoms with Crippen LogP contribution in [0.3, 0.4) is 0 Å². The molecule has 0 bridgehead atoms. The van der Waals surface area contributed by atoms with Gasteiger partial charge in [-0.25, -0.2) is 8.78 Å². The standard InChI is InChI=1S/C26H28F2N2O4/c1-2-33-15-6-14-29(26(32)23-8-3-4-9-24(23)28)19-25(31)30(18-22-7-5-16-34-22)17-20-10-12-21(27)13-11-20/h3-5,7-13,16H,2,6,14-15,17-19H2,1H3. The van der Waals surface area contributed by atoms with Crippen LogP contribution in [0.15, 0.2) is 71.3 Å². The van der Waals surface area contributed by atoms with Crippen LogP contribution in [0.5, 0.6) is 0 Å². The summed E-state index contributed by atoms with van der Waals surface area (Å²) in [6.07, 6.45) is 2.01. The summed E-state index contributed by atoms with van der Waals surface area (Å²) in [6.45, 7) is 3.16. The molecule has 2 amide bonds. The molecule has 0 aliphatic heterocycles. The molecule has 180 valence electrons. The molecule has 1 heterocycles. The summed E-state index contributed by atoms with van der Waals surface area (Å²) < 4.78 is 38.4. The number of benzene rings is 2. The lowest BCUT2D eigenvalue weighted by atomic mass is 10.1. The molecule has 0 saturated heterocycles. The fraction of sp³-hybridized carbons (Fsp3) is 0.308. The molecule has 0 fully saturated rings. The maximum absolute atomic E-state index is 14.3. The van der Waals surface area contributed by atoms with Crippen molar-refractivity contribution >= 4 is 11.8 Å². The van der Waals surface area contributed by atoms with Crippen LogP contribution in [0.4, 0.5) is 8.78 Å². The van der Waals surface area contributed by atoms with Crippen molar-refractivity contribution in [3.05, 3.63) is 95.4 Å². The zero-order valence-corrected chi connectivity index (χ0v) is 19.1. The average Bonchev–Trinajstić information content (AvgIpc) is 3.35. The van der Waals surface area contributed by atoms with Crippen LogP contribution in [-0.4, -0.2) is 47.9 Å². The predicted octanol–water partition coefficient (Wildman–Crippen LogP) is 4.66. The van der Waals surface area contributed by atoms with E-state index < -0.39 is 11.7 Å². The van der Waals surface area contributed by atoms with Crippen molar-refractivity contribution in [2.24, 2.45) is 0 Å². The molecule has 1 aromatic heterocycles. The molecular formula is C26H28F2N2O4. The highest BCUT2D eigenvalue weighted by Crippen LogP contribution is 2.15. The second kappa shape index (κ2) is 12.6. The van der Waals surface area contributed by atoms with Gasteiger partial charge in [0.15, 0.2) is 0 Å². The predicted molar refractivity (Wildman–Crippen MR) is 123 cm³/mol. The maximum atomic E-state index is 14.3. The lowest BCUT2D eigenvalue weighted by molar-refractivity contribution is -0.133. The highest BCUT2D eigenvalue weighted by atomic mass is 19.1. The minimum absolute atomic E-state index is 0.0946. The van der Waals surface area contributed by atoms with Gasteiger partial charge in [0.05, 0.1) is 18.4 Å². The quantitative estimate of drug-likeness (QED) is 0.362. The third-order valence-electron chi connectivity index (χ3n) is 5.20. The van der Waals surface area contributed by atoms with Crippen LogP contribution in [0.2, 0.25) is 0 Å². The Balaban J connectivity index is 1.79. The number of halogens is 2. The van der Waals surface area contributed by atoms with E-state index >= 15 is 0 Å². The van der Waals surface area contributed by atoms with Crippen molar-refractivity contribution in [3.8, 4) is 0 Å². The van der Waals surface area contributed by atoms with Gasteiger partial charge in [-0.05, 0) is 55.3 Å². The van der Waals surface area contributed by atoms with E-state index in [4.69, 9.17) is 9.15 Å². The highest BCUT2D eigenvalue weighted by molar-refractivity contribution is 5.96. The summed E-state index contributed by atoms with van der Waals surface area (Å²) >= 11 is 0. The largest absolute Gasteiger partial charge is 0.467 e. The zero-order chi connectivity index (χ0) is 24.3. The van der Waals surface area contributed by atoms with Gasteiger partial charge in [0.1, 0.15) is 23.9 Å². The molecule has 8 heteroatoms. The molecule has 3 rings (SSSR count). The van der Waals surface area contributed by atoms with E-state index in [0.29, 0.717) is 25.4 Å². The van der Waals surface area contributed by atoms with Gasteiger partial charge in [-0.15, -0.1) is 0 Å². The van der Waals surface area contributed by atoms with Crippen molar-refractivity contribution in [2.75, 3.05) is 26.3 Å². The monoisotopic (exact) mass is 470 g/mol. The number of amides is 2. The average molecular weight is 471 g/mol. The second-order valence-corrected chi connectivity index (χ2v) is 7.71. The number of ether oxygens (including phenoxy) is 1. The molecule has 0 radical (unpaired) electrons. The number of carbonyl (C=O) groups is 2. The molecule has 3 aromatic rings. The van der Waals surface area contributed by atoms with Gasteiger partial charge in [-0.1, -0.05) is 24.3 Å². The van der Waals surface area contributed by atoms with Crippen LogP contribution < -0.4 is 0 Å². The van der Waals surface area contributed by atoms with E-state index in [-0.39, 0.29) is 43.5 Å². The van der Waals surface area contributed by atoms with Crippen molar-refractivity contribution in [1.82, 2.24) is 9.80 Å². The Labute approximate surface area is 197 Å².